The molecule has 1 aliphatic heterocycles. The molecule has 2 aromatic rings. The van der Waals surface area contributed by atoms with Gasteiger partial charge in [0.05, 0.1) is 18.6 Å². The molecule has 1 amide bonds. The van der Waals surface area contributed by atoms with Crippen LogP contribution in [0, 0.1) is 11.3 Å². The Kier molecular flexibility index (Phi) is 4.88. The Hall–Kier alpha value is -2.04. The molecule has 0 radical (unpaired) electrons. The first-order chi connectivity index (χ1) is 12.7. The third-order valence-corrected chi connectivity index (χ3v) is 6.58. The van der Waals surface area contributed by atoms with E-state index in [1.807, 2.05) is 36.4 Å². The highest BCUT2D eigenvalue weighted by molar-refractivity contribution is 8.03. The monoisotopic (exact) mass is 365 g/mol. The second-order valence-electron chi connectivity index (χ2n) is 7.15. The molecule has 0 aromatic heterocycles. The molecule has 134 valence electrons. The summed E-state index contributed by atoms with van der Waals surface area (Å²) in [6.07, 6.45) is 4.10. The molecule has 0 bridgehead atoms. The van der Waals surface area contributed by atoms with E-state index in [0.29, 0.717) is 13.2 Å². The summed E-state index contributed by atoms with van der Waals surface area (Å²) in [6, 6.07) is 20.4. The predicted molar refractivity (Wildman–Crippen MR) is 104 cm³/mol. The molecule has 0 unspecified atom stereocenters. The lowest BCUT2D eigenvalue weighted by atomic mass is 9.69. The maximum absolute atomic E-state index is 13.2. The molecular formula is C22H23NO2S. The van der Waals surface area contributed by atoms with E-state index in [4.69, 9.17) is 4.84 Å². The smallest absolute Gasteiger partial charge is 0.253 e. The summed E-state index contributed by atoms with van der Waals surface area (Å²) < 4.78 is 0. The third-order valence-electron chi connectivity index (χ3n) is 5.38. The number of allylic oxidation sites excluding steroid dienone is 1. The van der Waals surface area contributed by atoms with E-state index in [0.717, 1.165) is 18.4 Å². The maximum Gasteiger partial charge on any atom is 0.253 e. The number of hydrogen-bond acceptors (Lipinski definition) is 3. The van der Waals surface area contributed by atoms with Crippen molar-refractivity contribution in [2.75, 3.05) is 6.61 Å². The van der Waals surface area contributed by atoms with Crippen molar-refractivity contribution in [1.82, 2.24) is 5.06 Å². The highest BCUT2D eigenvalue weighted by Gasteiger charge is 2.50. The number of hydrogen-bond donors (Lipinski definition) is 0. The Labute approximate surface area is 159 Å². The fourth-order valence-corrected chi connectivity index (χ4v) is 5.02. The van der Waals surface area contributed by atoms with Gasteiger partial charge in [-0.05, 0) is 42.4 Å². The fourth-order valence-electron chi connectivity index (χ4n) is 3.78. The number of benzene rings is 2. The van der Waals surface area contributed by atoms with Crippen LogP contribution in [0.1, 0.15) is 25.3 Å². The number of hydroxylamine groups is 2. The molecule has 1 aliphatic carbocycles. The molecule has 26 heavy (non-hydrogen) atoms. The molecule has 3 nitrogen and oxygen atoms in total. The SMILES string of the molecule is C[C@]12CCC=C(Sc3ccccc3)[C@H]1CON(Cc1ccccc1)C2=O. The summed E-state index contributed by atoms with van der Waals surface area (Å²) in [6.45, 7) is 3.17. The highest BCUT2D eigenvalue weighted by Crippen LogP contribution is 2.50. The molecule has 2 aromatic carbocycles. The second-order valence-corrected chi connectivity index (χ2v) is 8.30. The van der Waals surface area contributed by atoms with Crippen LogP contribution in [0.25, 0.3) is 0 Å². The average Bonchev–Trinajstić information content (AvgIpc) is 2.67. The number of nitrogens with zero attached hydrogens (tertiary/aromatic N) is 1. The Bertz CT molecular complexity index is 805. The lowest BCUT2D eigenvalue weighted by Gasteiger charge is -2.47. The molecule has 0 spiro atoms. The van der Waals surface area contributed by atoms with Crippen molar-refractivity contribution in [2.24, 2.45) is 11.3 Å². The van der Waals surface area contributed by atoms with Crippen LogP contribution in [0.2, 0.25) is 0 Å². The van der Waals surface area contributed by atoms with Gasteiger partial charge >= 0.3 is 0 Å². The molecule has 0 N–H and O–H groups in total. The number of carbonyl (C=O) groups is 1. The van der Waals surface area contributed by atoms with Crippen LogP contribution in [-0.4, -0.2) is 17.6 Å². The highest BCUT2D eigenvalue weighted by atomic mass is 32.2. The van der Waals surface area contributed by atoms with Crippen LogP contribution in [0.3, 0.4) is 0 Å². The number of amides is 1. The molecule has 1 saturated heterocycles. The minimum Gasteiger partial charge on any atom is -0.272 e. The molecule has 2 aliphatic rings. The largest absolute Gasteiger partial charge is 0.272 e. The molecule has 0 saturated carbocycles. The number of carbonyl (C=O) groups excluding carboxylic acids is 1. The Balaban J connectivity index is 1.53. The van der Waals surface area contributed by atoms with Crippen molar-refractivity contribution >= 4 is 17.7 Å². The Morgan fingerprint density at radius 1 is 1.12 bits per heavy atom. The summed E-state index contributed by atoms with van der Waals surface area (Å²) in [5, 5.41) is 1.57. The standard InChI is InChI=1S/C22H23NO2S/c1-22-14-8-13-20(26-18-11-6-3-7-12-18)19(22)16-25-23(21(22)24)15-17-9-4-2-5-10-17/h2-7,9-13,19H,8,14-16H2,1H3/t19-,22+/m1/s1. The van der Waals surface area contributed by atoms with Gasteiger partial charge < -0.3 is 0 Å². The summed E-state index contributed by atoms with van der Waals surface area (Å²) in [7, 11) is 0. The summed E-state index contributed by atoms with van der Waals surface area (Å²) in [5.41, 5.74) is 0.701. The molecule has 2 atom stereocenters. The number of rotatable bonds is 4. The van der Waals surface area contributed by atoms with E-state index in [-0.39, 0.29) is 17.2 Å². The van der Waals surface area contributed by atoms with E-state index in [1.165, 1.54) is 9.80 Å². The van der Waals surface area contributed by atoms with Crippen molar-refractivity contribution in [3.05, 3.63) is 77.2 Å². The van der Waals surface area contributed by atoms with Gasteiger partial charge in [-0.25, -0.2) is 5.06 Å². The van der Waals surface area contributed by atoms with Gasteiger partial charge in [-0.15, -0.1) is 0 Å². The van der Waals surface area contributed by atoms with Crippen LogP contribution >= 0.6 is 11.8 Å². The van der Waals surface area contributed by atoms with Crippen molar-refractivity contribution < 1.29 is 9.63 Å². The molecule has 1 heterocycles. The lowest BCUT2D eigenvalue weighted by Crippen LogP contribution is -2.54. The van der Waals surface area contributed by atoms with E-state index in [1.54, 1.807) is 16.8 Å². The second kappa shape index (κ2) is 7.29. The van der Waals surface area contributed by atoms with Gasteiger partial charge in [0.25, 0.3) is 5.91 Å². The van der Waals surface area contributed by atoms with Crippen molar-refractivity contribution in [3.8, 4) is 0 Å². The molecule has 4 heteroatoms. The Morgan fingerprint density at radius 2 is 1.81 bits per heavy atom. The van der Waals surface area contributed by atoms with Gasteiger partial charge in [0.2, 0.25) is 0 Å². The third kappa shape index (κ3) is 3.31. The predicted octanol–water partition coefficient (Wildman–Crippen LogP) is 5.05. The van der Waals surface area contributed by atoms with Crippen molar-refractivity contribution in [1.29, 1.82) is 0 Å². The van der Waals surface area contributed by atoms with Crippen LogP contribution < -0.4 is 0 Å². The lowest BCUT2D eigenvalue weighted by molar-refractivity contribution is -0.230. The maximum atomic E-state index is 13.2. The fraction of sp³-hybridized carbons (Fsp3) is 0.318. The van der Waals surface area contributed by atoms with Crippen LogP contribution in [0.5, 0.6) is 0 Å². The van der Waals surface area contributed by atoms with Gasteiger partial charge in [-0.2, -0.15) is 0 Å². The van der Waals surface area contributed by atoms with E-state index in [2.05, 4.69) is 37.3 Å². The zero-order valence-electron chi connectivity index (χ0n) is 14.9. The zero-order chi connectivity index (χ0) is 18.0. The minimum atomic E-state index is -0.390. The molecule has 1 fully saturated rings. The van der Waals surface area contributed by atoms with Crippen LogP contribution in [0.4, 0.5) is 0 Å². The minimum absolute atomic E-state index is 0.108. The zero-order valence-corrected chi connectivity index (χ0v) is 15.7. The van der Waals surface area contributed by atoms with Crippen molar-refractivity contribution in [2.45, 2.75) is 31.2 Å². The van der Waals surface area contributed by atoms with Gasteiger partial charge in [0.15, 0.2) is 0 Å². The molecular weight excluding hydrogens is 342 g/mol. The van der Waals surface area contributed by atoms with Crippen LogP contribution in [0.15, 0.2) is 76.5 Å². The quantitative estimate of drug-likeness (QED) is 0.759. The van der Waals surface area contributed by atoms with Gasteiger partial charge in [0, 0.05) is 10.8 Å². The summed E-state index contributed by atoms with van der Waals surface area (Å²) >= 11 is 1.77. The first-order valence-electron chi connectivity index (χ1n) is 9.08. The average molecular weight is 365 g/mol. The van der Waals surface area contributed by atoms with E-state index < -0.39 is 0 Å². The Morgan fingerprint density at radius 3 is 2.54 bits per heavy atom. The number of fused-ring (bicyclic) bond motifs is 1. The molecule has 4 rings (SSSR count). The van der Waals surface area contributed by atoms with Gasteiger partial charge in [-0.3, -0.25) is 9.63 Å². The topological polar surface area (TPSA) is 29.5 Å². The van der Waals surface area contributed by atoms with Gasteiger partial charge in [0.1, 0.15) is 0 Å². The van der Waals surface area contributed by atoms with Crippen LogP contribution in [-0.2, 0) is 16.2 Å². The summed E-state index contributed by atoms with van der Waals surface area (Å²) in [4.78, 5) is 21.6. The van der Waals surface area contributed by atoms with E-state index in [9.17, 15) is 4.79 Å². The van der Waals surface area contributed by atoms with E-state index >= 15 is 0 Å². The first-order valence-corrected chi connectivity index (χ1v) is 9.90. The normalized spacial score (nSPS) is 25.6. The summed E-state index contributed by atoms with van der Waals surface area (Å²) in [5.74, 6) is 0.234. The van der Waals surface area contributed by atoms with Crippen molar-refractivity contribution in [3.63, 3.8) is 0 Å². The van der Waals surface area contributed by atoms with Gasteiger partial charge in [-0.1, -0.05) is 66.4 Å². The number of thioether (sulfide) groups is 1. The first kappa shape index (κ1) is 17.4.